The van der Waals surface area contributed by atoms with Crippen LogP contribution in [0.4, 0.5) is 5.69 Å². The first kappa shape index (κ1) is 13.2. The molecule has 2 heteroatoms. The Morgan fingerprint density at radius 3 is 2.32 bits per heavy atom. The Hall–Kier alpha value is -2.27. The van der Waals surface area contributed by atoms with Gasteiger partial charge in [0.05, 0.1) is 6.07 Å². The van der Waals surface area contributed by atoms with Crippen LogP contribution in [0.5, 0.6) is 0 Å². The number of benzene rings is 2. The van der Waals surface area contributed by atoms with E-state index < -0.39 is 0 Å². The van der Waals surface area contributed by atoms with Crippen molar-refractivity contribution in [2.45, 2.75) is 26.8 Å². The van der Waals surface area contributed by atoms with Crippen LogP contribution in [-0.4, -0.2) is 0 Å². The van der Waals surface area contributed by atoms with Crippen LogP contribution < -0.4 is 5.32 Å². The molecule has 0 fully saturated rings. The maximum atomic E-state index is 9.40. The van der Waals surface area contributed by atoms with E-state index in [4.69, 9.17) is 0 Å². The average Bonchev–Trinajstić information content (AvgIpc) is 2.42. The molecule has 0 aliphatic heterocycles. The summed E-state index contributed by atoms with van der Waals surface area (Å²) in [4.78, 5) is 0. The fourth-order valence-electron chi connectivity index (χ4n) is 2.08. The first-order valence-electron chi connectivity index (χ1n) is 6.41. The maximum absolute atomic E-state index is 9.40. The number of aryl methyl sites for hydroxylation is 2. The molecule has 0 amide bonds. The Balaban J connectivity index is 2.28. The second-order valence-electron chi connectivity index (χ2n) is 4.86. The van der Waals surface area contributed by atoms with Gasteiger partial charge >= 0.3 is 0 Å². The van der Waals surface area contributed by atoms with E-state index in [0.29, 0.717) is 0 Å². The first-order valence-corrected chi connectivity index (χ1v) is 6.41. The van der Waals surface area contributed by atoms with Gasteiger partial charge in [0.1, 0.15) is 6.04 Å². The van der Waals surface area contributed by atoms with Gasteiger partial charge in [0.15, 0.2) is 0 Å². The highest BCUT2D eigenvalue weighted by atomic mass is 14.9. The summed E-state index contributed by atoms with van der Waals surface area (Å²) < 4.78 is 0. The minimum atomic E-state index is -0.317. The van der Waals surface area contributed by atoms with Gasteiger partial charge in [-0.1, -0.05) is 35.9 Å². The minimum absolute atomic E-state index is 0.317. The number of nitrogens with zero attached hydrogens (tertiary/aromatic N) is 1. The predicted molar refractivity (Wildman–Crippen MR) is 79.1 cm³/mol. The summed E-state index contributed by atoms with van der Waals surface area (Å²) in [6.07, 6.45) is 0. The van der Waals surface area contributed by atoms with Crippen LogP contribution in [0.2, 0.25) is 0 Å². The average molecular weight is 250 g/mol. The first-order chi connectivity index (χ1) is 9.11. The van der Waals surface area contributed by atoms with Gasteiger partial charge in [-0.3, -0.25) is 0 Å². The molecule has 0 aliphatic carbocycles. The topological polar surface area (TPSA) is 35.8 Å². The third kappa shape index (κ3) is 2.95. The van der Waals surface area contributed by atoms with E-state index >= 15 is 0 Å². The maximum Gasteiger partial charge on any atom is 0.140 e. The Bertz CT molecular complexity index is 606. The van der Waals surface area contributed by atoms with Gasteiger partial charge < -0.3 is 5.32 Å². The van der Waals surface area contributed by atoms with E-state index in [9.17, 15) is 5.26 Å². The molecular formula is C17H18N2. The quantitative estimate of drug-likeness (QED) is 0.882. The molecule has 1 N–H and O–H groups in total. The van der Waals surface area contributed by atoms with Crippen LogP contribution >= 0.6 is 0 Å². The summed E-state index contributed by atoms with van der Waals surface area (Å²) in [5.74, 6) is 0. The van der Waals surface area contributed by atoms with Crippen molar-refractivity contribution in [2.75, 3.05) is 5.32 Å². The number of nitrogens with one attached hydrogen (secondary N) is 1. The molecule has 0 radical (unpaired) electrons. The lowest BCUT2D eigenvalue weighted by atomic mass is 9.98. The van der Waals surface area contributed by atoms with Gasteiger partial charge in [0.2, 0.25) is 0 Å². The molecule has 19 heavy (non-hydrogen) atoms. The molecule has 0 aliphatic rings. The Kier molecular flexibility index (Phi) is 3.87. The van der Waals surface area contributed by atoms with Crippen LogP contribution in [0.3, 0.4) is 0 Å². The van der Waals surface area contributed by atoms with Gasteiger partial charge in [-0.15, -0.1) is 0 Å². The van der Waals surface area contributed by atoms with Crippen molar-refractivity contribution in [2.24, 2.45) is 0 Å². The highest BCUT2D eigenvalue weighted by Gasteiger charge is 2.13. The van der Waals surface area contributed by atoms with Crippen molar-refractivity contribution in [1.29, 1.82) is 5.26 Å². The number of hydrogen-bond donors (Lipinski definition) is 1. The number of rotatable bonds is 3. The molecule has 0 spiro atoms. The van der Waals surface area contributed by atoms with Crippen molar-refractivity contribution < 1.29 is 0 Å². The summed E-state index contributed by atoms with van der Waals surface area (Å²) in [6, 6.07) is 16.2. The predicted octanol–water partition coefficient (Wildman–Crippen LogP) is 4.29. The molecule has 2 rings (SSSR count). The second-order valence-corrected chi connectivity index (χ2v) is 4.86. The third-order valence-corrected chi connectivity index (χ3v) is 3.45. The summed E-state index contributed by atoms with van der Waals surface area (Å²) in [5.41, 5.74) is 5.61. The summed E-state index contributed by atoms with van der Waals surface area (Å²) in [5, 5.41) is 12.7. The van der Waals surface area contributed by atoms with Crippen molar-refractivity contribution in [3.05, 3.63) is 64.7 Å². The lowest BCUT2D eigenvalue weighted by Gasteiger charge is -2.17. The van der Waals surface area contributed by atoms with E-state index in [-0.39, 0.29) is 6.04 Å². The Morgan fingerprint density at radius 2 is 1.68 bits per heavy atom. The van der Waals surface area contributed by atoms with Crippen LogP contribution in [0, 0.1) is 32.1 Å². The molecule has 0 saturated carbocycles. The van der Waals surface area contributed by atoms with E-state index in [1.807, 2.05) is 36.4 Å². The van der Waals surface area contributed by atoms with Crippen LogP contribution in [0.1, 0.15) is 28.3 Å². The summed E-state index contributed by atoms with van der Waals surface area (Å²) in [6.45, 7) is 6.18. The van der Waals surface area contributed by atoms with Gasteiger partial charge in [-0.05, 0) is 49.6 Å². The Labute approximate surface area is 114 Å². The zero-order valence-electron chi connectivity index (χ0n) is 11.6. The molecule has 2 aromatic carbocycles. The number of nitriles is 1. The normalized spacial score (nSPS) is 11.7. The van der Waals surface area contributed by atoms with Crippen molar-refractivity contribution in [3.8, 4) is 6.07 Å². The molecule has 0 heterocycles. The van der Waals surface area contributed by atoms with Crippen LogP contribution in [-0.2, 0) is 0 Å². The van der Waals surface area contributed by atoms with E-state index in [0.717, 1.165) is 11.3 Å². The molecule has 1 unspecified atom stereocenters. The van der Waals surface area contributed by atoms with Crippen LogP contribution in [0.15, 0.2) is 42.5 Å². The van der Waals surface area contributed by atoms with Gasteiger partial charge in [0.25, 0.3) is 0 Å². The largest absolute Gasteiger partial charge is 0.366 e. The molecular weight excluding hydrogens is 232 g/mol. The zero-order chi connectivity index (χ0) is 13.8. The lowest BCUT2D eigenvalue weighted by molar-refractivity contribution is 0.975. The SMILES string of the molecule is Cc1ccc(NC(C#N)c2cccc(C)c2C)cc1. The third-order valence-electron chi connectivity index (χ3n) is 3.45. The zero-order valence-corrected chi connectivity index (χ0v) is 11.6. The van der Waals surface area contributed by atoms with Gasteiger partial charge in [0, 0.05) is 5.69 Å². The highest BCUT2D eigenvalue weighted by molar-refractivity contribution is 5.50. The molecule has 0 aromatic heterocycles. The number of hydrogen-bond acceptors (Lipinski definition) is 2. The second kappa shape index (κ2) is 5.58. The fourth-order valence-corrected chi connectivity index (χ4v) is 2.08. The molecule has 0 bridgehead atoms. The van der Waals surface area contributed by atoms with Crippen LogP contribution in [0.25, 0.3) is 0 Å². The van der Waals surface area contributed by atoms with E-state index in [1.54, 1.807) is 0 Å². The molecule has 96 valence electrons. The highest BCUT2D eigenvalue weighted by Crippen LogP contribution is 2.24. The fraction of sp³-hybridized carbons (Fsp3) is 0.235. The van der Waals surface area contributed by atoms with Gasteiger partial charge in [-0.25, -0.2) is 0 Å². The summed E-state index contributed by atoms with van der Waals surface area (Å²) >= 11 is 0. The monoisotopic (exact) mass is 250 g/mol. The molecule has 0 saturated heterocycles. The molecule has 2 nitrogen and oxygen atoms in total. The van der Waals surface area contributed by atoms with Gasteiger partial charge in [-0.2, -0.15) is 5.26 Å². The number of anilines is 1. The lowest BCUT2D eigenvalue weighted by Crippen LogP contribution is -2.10. The van der Waals surface area contributed by atoms with E-state index in [1.165, 1.54) is 16.7 Å². The van der Waals surface area contributed by atoms with Crippen molar-refractivity contribution in [3.63, 3.8) is 0 Å². The standard InChI is InChI=1S/C17H18N2/c1-12-7-9-15(10-8-12)19-17(11-18)16-6-4-5-13(2)14(16)3/h4-10,17,19H,1-3H3. The Morgan fingerprint density at radius 1 is 1.00 bits per heavy atom. The smallest absolute Gasteiger partial charge is 0.140 e. The van der Waals surface area contributed by atoms with E-state index in [2.05, 4.69) is 38.2 Å². The molecule has 1 atom stereocenters. The van der Waals surface area contributed by atoms with Crippen molar-refractivity contribution in [1.82, 2.24) is 0 Å². The summed E-state index contributed by atoms with van der Waals surface area (Å²) in [7, 11) is 0. The van der Waals surface area contributed by atoms with Crippen molar-refractivity contribution >= 4 is 5.69 Å². The molecule has 2 aromatic rings. The minimum Gasteiger partial charge on any atom is -0.366 e.